The number of benzene rings is 1. The van der Waals surface area contributed by atoms with E-state index < -0.39 is 0 Å². The fraction of sp³-hybridized carbons (Fsp3) is 0.200. The number of thiazole rings is 1. The molecule has 5 nitrogen and oxygen atoms in total. The van der Waals surface area contributed by atoms with Gasteiger partial charge in [-0.15, -0.1) is 0 Å². The van der Waals surface area contributed by atoms with Crippen molar-refractivity contribution in [3.05, 3.63) is 11.6 Å². The van der Waals surface area contributed by atoms with Crippen molar-refractivity contribution in [2.45, 2.75) is 6.92 Å². The number of nitrogens with two attached hydrogens (primary N) is 1. The van der Waals surface area contributed by atoms with Crippen molar-refractivity contribution < 1.29 is 14.0 Å². The first-order valence-electron chi connectivity index (χ1n) is 4.65. The minimum absolute atomic E-state index is 0.326. The van der Waals surface area contributed by atoms with E-state index in [1.165, 1.54) is 11.3 Å². The van der Waals surface area contributed by atoms with Crippen molar-refractivity contribution in [1.82, 2.24) is 4.98 Å². The van der Waals surface area contributed by atoms with E-state index in [9.17, 15) is 4.57 Å². The molecule has 0 aliphatic carbocycles. The van der Waals surface area contributed by atoms with Crippen LogP contribution in [-0.2, 0) is 4.57 Å². The molecule has 0 atom stereocenters. The third-order valence-corrected chi connectivity index (χ3v) is 3.43. The van der Waals surface area contributed by atoms with E-state index >= 15 is 0 Å². The number of nitrogen functional groups attached to an aromatic ring is 1. The Morgan fingerprint density at radius 2 is 2.29 bits per heavy atom. The number of ether oxygens (including phenoxy) is 2. The second-order valence-electron chi connectivity index (χ2n) is 3.22. The molecule has 1 heterocycles. The molecule has 1 aromatic heterocycles. The molecular weight excluding hydrogens is 259 g/mol. The van der Waals surface area contributed by atoms with Gasteiger partial charge in [-0.1, -0.05) is 0 Å². The van der Waals surface area contributed by atoms with Crippen LogP contribution >= 0.6 is 19.3 Å². The number of methoxy groups -OCH3 is 1. The van der Waals surface area contributed by atoms with Crippen molar-refractivity contribution in [3.8, 4) is 17.3 Å². The average molecular weight is 268 g/mol. The van der Waals surface area contributed by atoms with Crippen LogP contribution in [0.25, 0.3) is 10.2 Å². The Morgan fingerprint density at radius 1 is 1.53 bits per heavy atom. The zero-order valence-electron chi connectivity index (χ0n) is 9.18. The summed E-state index contributed by atoms with van der Waals surface area (Å²) in [5, 5.41) is 0.445. The standard InChI is InChI=1S/C10H9N2O3PS/c1-5-6(14-2)3-7(15-4-16-13)8-9(5)17-10(11)12-8/h3H,1-2H3,(H2,11,12). The first kappa shape index (κ1) is 12.0. The molecule has 0 bridgehead atoms. The van der Waals surface area contributed by atoms with Crippen LogP contribution in [0.4, 0.5) is 5.13 Å². The molecule has 2 N–H and O–H groups in total. The van der Waals surface area contributed by atoms with E-state index in [1.807, 2.05) is 6.92 Å². The van der Waals surface area contributed by atoms with Gasteiger partial charge in [-0.25, -0.2) is 0 Å². The molecule has 1 aromatic carbocycles. The third kappa shape index (κ3) is 2.15. The van der Waals surface area contributed by atoms with Gasteiger partial charge in [0.15, 0.2) is 0 Å². The van der Waals surface area contributed by atoms with E-state index in [0.717, 1.165) is 10.3 Å². The molecule has 0 radical (unpaired) electrons. The maximum absolute atomic E-state index is 10.3. The zero-order chi connectivity index (χ0) is 12.4. The van der Waals surface area contributed by atoms with Gasteiger partial charge in [-0.2, -0.15) is 0 Å². The monoisotopic (exact) mass is 268 g/mol. The summed E-state index contributed by atoms with van der Waals surface area (Å²) < 4.78 is 21.6. The van der Waals surface area contributed by atoms with E-state index in [2.05, 4.69) is 10.8 Å². The first-order chi connectivity index (χ1) is 8.17. The summed E-state index contributed by atoms with van der Waals surface area (Å²) in [7, 11) is 1.25. The number of hydrogen-bond donors (Lipinski definition) is 1. The summed E-state index contributed by atoms with van der Waals surface area (Å²) in [6.07, 6.45) is 0. The quantitative estimate of drug-likeness (QED) is 0.848. The van der Waals surface area contributed by atoms with Crippen LogP contribution in [0.15, 0.2) is 6.07 Å². The Balaban J connectivity index is 2.75. The summed E-state index contributed by atoms with van der Waals surface area (Å²) in [5.41, 5.74) is 7.25. The van der Waals surface area contributed by atoms with Gasteiger partial charge in [0.25, 0.3) is 0 Å². The van der Waals surface area contributed by atoms with Crippen molar-refractivity contribution in [3.63, 3.8) is 0 Å². The van der Waals surface area contributed by atoms with Crippen molar-refractivity contribution >= 4 is 34.6 Å². The number of nitrogens with zero attached hydrogens (tertiary/aromatic N) is 1. The Bertz CT molecular complexity index is 677. The van der Waals surface area contributed by atoms with Gasteiger partial charge in [0.05, 0.1) is 0 Å². The molecule has 2 aromatic rings. The third-order valence-electron chi connectivity index (χ3n) is 2.26. The van der Waals surface area contributed by atoms with Crippen LogP contribution in [0.1, 0.15) is 5.56 Å². The van der Waals surface area contributed by atoms with Gasteiger partial charge >= 0.3 is 102 Å². The van der Waals surface area contributed by atoms with E-state index in [4.69, 9.17) is 15.2 Å². The summed E-state index contributed by atoms with van der Waals surface area (Å²) in [6.45, 7) is 1.92. The molecule has 2 rings (SSSR count). The molecule has 0 saturated carbocycles. The molecule has 88 valence electrons. The Labute approximate surface area is 103 Å². The topological polar surface area (TPSA) is 74.4 Å². The Hall–Kier alpha value is -1.48. The number of rotatable bonds is 2. The number of aryl methyl sites for hydroxylation is 1. The summed E-state index contributed by atoms with van der Waals surface area (Å²) in [5.74, 6) is 3.32. The number of fused-ring (bicyclic) bond motifs is 1. The normalized spacial score (nSPS) is 10.0. The van der Waals surface area contributed by atoms with Crippen LogP contribution in [0.2, 0.25) is 0 Å². The molecule has 7 heteroatoms. The number of aromatic nitrogens is 1. The molecule has 0 unspecified atom stereocenters. The van der Waals surface area contributed by atoms with E-state index in [1.54, 1.807) is 13.2 Å². The summed E-state index contributed by atoms with van der Waals surface area (Å²) in [4.78, 5) is 4.17. The van der Waals surface area contributed by atoms with E-state index in [0.29, 0.717) is 22.1 Å². The Kier molecular flexibility index (Phi) is 3.38. The van der Waals surface area contributed by atoms with E-state index in [-0.39, 0.29) is 7.92 Å². The van der Waals surface area contributed by atoms with Crippen LogP contribution in [0.5, 0.6) is 11.5 Å². The average Bonchev–Trinajstić information content (AvgIpc) is 2.71. The van der Waals surface area contributed by atoms with Gasteiger partial charge in [0.2, 0.25) is 0 Å². The van der Waals surface area contributed by atoms with Gasteiger partial charge in [0.1, 0.15) is 0 Å². The molecule has 0 saturated heterocycles. The molecule has 0 aliphatic rings. The van der Waals surface area contributed by atoms with Gasteiger partial charge in [-0.3, -0.25) is 0 Å². The minimum atomic E-state index is -0.326. The van der Waals surface area contributed by atoms with Crippen LogP contribution < -0.4 is 15.2 Å². The predicted octanol–water partition coefficient (Wildman–Crippen LogP) is 2.78. The zero-order valence-corrected chi connectivity index (χ0v) is 10.9. The van der Waals surface area contributed by atoms with Crippen LogP contribution in [0, 0.1) is 12.7 Å². The molecule has 0 aliphatic heterocycles. The molecule has 17 heavy (non-hydrogen) atoms. The first-order valence-corrected chi connectivity index (χ1v) is 6.28. The fourth-order valence-corrected chi connectivity index (χ4v) is 2.50. The van der Waals surface area contributed by atoms with Gasteiger partial charge < -0.3 is 0 Å². The van der Waals surface area contributed by atoms with Gasteiger partial charge in [0, 0.05) is 0 Å². The summed E-state index contributed by atoms with van der Waals surface area (Å²) >= 11 is 1.35. The Morgan fingerprint density at radius 3 is 2.94 bits per heavy atom. The van der Waals surface area contributed by atoms with Crippen LogP contribution in [0.3, 0.4) is 0 Å². The second kappa shape index (κ2) is 4.80. The van der Waals surface area contributed by atoms with Crippen molar-refractivity contribution in [2.24, 2.45) is 0 Å². The number of hydrogen-bond acceptors (Lipinski definition) is 6. The van der Waals surface area contributed by atoms with Crippen molar-refractivity contribution in [1.29, 1.82) is 0 Å². The van der Waals surface area contributed by atoms with Crippen LogP contribution in [-0.4, -0.2) is 12.1 Å². The molecule has 0 fully saturated rings. The fourth-order valence-electron chi connectivity index (χ4n) is 1.52. The molecule has 0 amide bonds. The van der Waals surface area contributed by atoms with Gasteiger partial charge in [-0.05, 0) is 0 Å². The van der Waals surface area contributed by atoms with Crippen molar-refractivity contribution in [2.75, 3.05) is 12.8 Å². The maximum atomic E-state index is 10.3. The summed E-state index contributed by atoms with van der Waals surface area (Å²) in [6, 6.07) is 1.68. The SMILES string of the molecule is COc1cc(OC#P=O)c2nc(N)sc2c1C. The number of anilines is 1. The molecular formula is C10H9N2O3PS. The predicted molar refractivity (Wildman–Crippen MR) is 67.4 cm³/mol. The second-order valence-corrected chi connectivity index (χ2v) is 4.61. The molecule has 0 spiro atoms.